The van der Waals surface area contributed by atoms with E-state index in [0.29, 0.717) is 5.76 Å². The van der Waals surface area contributed by atoms with E-state index in [4.69, 9.17) is 4.74 Å². The minimum absolute atomic E-state index is 0.394. The van der Waals surface area contributed by atoms with Gasteiger partial charge in [0.25, 0.3) is 0 Å². The summed E-state index contributed by atoms with van der Waals surface area (Å²) in [5.74, 6) is 0.575. The van der Waals surface area contributed by atoms with Crippen molar-refractivity contribution in [2.45, 2.75) is 11.8 Å². The molecule has 1 amide bonds. The highest BCUT2D eigenvalue weighted by atomic mass is 32.2. The lowest BCUT2D eigenvalue weighted by Crippen LogP contribution is -2.22. The summed E-state index contributed by atoms with van der Waals surface area (Å²) in [5, 5.41) is 0. The van der Waals surface area contributed by atoms with Gasteiger partial charge < -0.3 is 14.2 Å². The molecule has 2 heterocycles. The Kier molecular flexibility index (Phi) is 4.54. The van der Waals surface area contributed by atoms with Crippen LogP contribution >= 0.6 is 11.8 Å². The van der Waals surface area contributed by atoms with Crippen LogP contribution in [0.2, 0.25) is 0 Å². The highest BCUT2D eigenvalue weighted by Crippen LogP contribution is 2.46. The molecule has 0 saturated carbocycles. The highest BCUT2D eigenvalue weighted by Gasteiger charge is 2.27. The Balaban J connectivity index is 1.99. The molecule has 2 aromatic carbocycles. The lowest BCUT2D eigenvalue weighted by molar-refractivity contribution is 0.162. The van der Waals surface area contributed by atoms with Crippen LogP contribution < -0.4 is 0 Å². The Labute approximate surface area is 163 Å². The Bertz CT molecular complexity index is 1040. The number of aryl methyl sites for hydroxylation is 1. The molecule has 0 aliphatic carbocycles. The number of hydrogen-bond acceptors (Lipinski definition) is 3. The summed E-state index contributed by atoms with van der Waals surface area (Å²) >= 11 is 1.63. The molecule has 0 unspecified atom stereocenters. The van der Waals surface area contributed by atoms with E-state index in [0.717, 1.165) is 26.7 Å². The van der Waals surface area contributed by atoms with Gasteiger partial charge in [-0.15, -0.1) is 0 Å². The minimum atomic E-state index is -0.394. The third-order valence-electron chi connectivity index (χ3n) is 4.43. The number of thioether (sulfide) groups is 1. The fraction of sp³-hybridized carbons (Fsp3) is 0.136. The molecule has 27 heavy (non-hydrogen) atoms. The van der Waals surface area contributed by atoms with E-state index < -0.39 is 6.09 Å². The van der Waals surface area contributed by atoms with Gasteiger partial charge in [-0.2, -0.15) is 0 Å². The van der Waals surface area contributed by atoms with Crippen molar-refractivity contribution in [3.05, 3.63) is 83.7 Å². The zero-order valence-corrected chi connectivity index (χ0v) is 16.3. The summed E-state index contributed by atoms with van der Waals surface area (Å²) in [6.07, 6.45) is 1.62. The smallest absolute Gasteiger partial charge is 0.407 e. The minimum Gasteiger partial charge on any atom is -0.407 e. The molecule has 0 saturated heterocycles. The molecule has 0 atom stereocenters. The van der Waals surface area contributed by atoms with Crippen molar-refractivity contribution in [1.29, 1.82) is 0 Å². The van der Waals surface area contributed by atoms with Crippen LogP contribution in [-0.4, -0.2) is 29.7 Å². The van der Waals surface area contributed by atoms with E-state index in [1.54, 1.807) is 25.9 Å². The normalized spacial score (nSPS) is 12.9. The molecule has 4 nitrogen and oxygen atoms in total. The molecule has 3 aromatic rings. The molecule has 0 N–H and O–H groups in total. The van der Waals surface area contributed by atoms with Gasteiger partial charge in [0, 0.05) is 25.2 Å². The van der Waals surface area contributed by atoms with Crippen LogP contribution in [0.1, 0.15) is 16.8 Å². The topological polar surface area (TPSA) is 34.5 Å². The maximum absolute atomic E-state index is 12.4. The van der Waals surface area contributed by atoms with Gasteiger partial charge >= 0.3 is 6.09 Å². The van der Waals surface area contributed by atoms with E-state index in [9.17, 15) is 4.79 Å². The van der Waals surface area contributed by atoms with Gasteiger partial charge in [-0.05, 0) is 36.2 Å². The van der Waals surface area contributed by atoms with Crippen LogP contribution in [0.15, 0.2) is 71.8 Å². The SMILES string of the molecule is Cc1cccc2c1-n1cccc1C(OC(=O)N(C)C)=C(c1ccccc1)S2. The lowest BCUT2D eigenvalue weighted by atomic mass is 10.1. The molecule has 4 rings (SSSR count). The number of rotatable bonds is 2. The summed E-state index contributed by atoms with van der Waals surface area (Å²) in [6, 6.07) is 20.3. The van der Waals surface area contributed by atoms with Crippen molar-refractivity contribution in [2.24, 2.45) is 0 Å². The molecular weight excluding hydrogens is 356 g/mol. The van der Waals surface area contributed by atoms with Crippen LogP contribution in [-0.2, 0) is 4.74 Å². The van der Waals surface area contributed by atoms with Gasteiger partial charge in [-0.25, -0.2) is 4.79 Å². The van der Waals surface area contributed by atoms with Crippen molar-refractivity contribution in [2.75, 3.05) is 14.1 Å². The van der Waals surface area contributed by atoms with E-state index in [2.05, 4.69) is 29.7 Å². The zero-order chi connectivity index (χ0) is 19.0. The molecule has 1 aromatic heterocycles. The fourth-order valence-electron chi connectivity index (χ4n) is 3.11. The number of carbonyl (C=O) groups is 1. The summed E-state index contributed by atoms with van der Waals surface area (Å²) in [5.41, 5.74) is 4.17. The van der Waals surface area contributed by atoms with Crippen molar-refractivity contribution in [1.82, 2.24) is 9.47 Å². The van der Waals surface area contributed by atoms with Crippen molar-refractivity contribution >= 4 is 28.5 Å². The number of para-hydroxylation sites is 1. The van der Waals surface area contributed by atoms with Gasteiger partial charge in [0.05, 0.1) is 16.3 Å². The first-order valence-electron chi connectivity index (χ1n) is 8.70. The second-order valence-electron chi connectivity index (χ2n) is 6.57. The summed E-state index contributed by atoms with van der Waals surface area (Å²) in [4.78, 5) is 15.9. The number of amides is 1. The van der Waals surface area contributed by atoms with E-state index in [-0.39, 0.29) is 0 Å². The maximum Gasteiger partial charge on any atom is 0.414 e. The van der Waals surface area contributed by atoms with E-state index >= 15 is 0 Å². The van der Waals surface area contributed by atoms with Crippen LogP contribution in [0.5, 0.6) is 0 Å². The second-order valence-corrected chi connectivity index (χ2v) is 7.63. The number of fused-ring (bicyclic) bond motifs is 3. The fourth-order valence-corrected chi connectivity index (χ4v) is 4.33. The van der Waals surface area contributed by atoms with Gasteiger partial charge in [0.1, 0.15) is 0 Å². The number of benzene rings is 2. The summed E-state index contributed by atoms with van der Waals surface area (Å²) in [7, 11) is 3.37. The number of aromatic nitrogens is 1. The molecule has 0 bridgehead atoms. The predicted molar refractivity (Wildman–Crippen MR) is 110 cm³/mol. The Morgan fingerprint density at radius 1 is 1.00 bits per heavy atom. The molecule has 0 fully saturated rings. The molecular formula is C22H20N2O2S. The number of ether oxygens (including phenoxy) is 1. The summed E-state index contributed by atoms with van der Waals surface area (Å²) < 4.78 is 7.98. The Morgan fingerprint density at radius 2 is 1.78 bits per heavy atom. The number of nitrogens with zero attached hydrogens (tertiary/aromatic N) is 2. The molecule has 136 valence electrons. The first kappa shape index (κ1) is 17.5. The molecule has 5 heteroatoms. The van der Waals surface area contributed by atoms with Gasteiger partial charge in [-0.1, -0.05) is 54.2 Å². The maximum atomic E-state index is 12.4. The van der Waals surface area contributed by atoms with Crippen LogP contribution in [0.4, 0.5) is 4.79 Å². The number of carbonyl (C=O) groups excluding carboxylic acids is 1. The molecule has 0 spiro atoms. The van der Waals surface area contributed by atoms with E-state index in [1.807, 2.05) is 48.7 Å². The number of hydrogen-bond donors (Lipinski definition) is 0. The van der Waals surface area contributed by atoms with Crippen molar-refractivity contribution in [3.8, 4) is 5.69 Å². The highest BCUT2D eigenvalue weighted by molar-refractivity contribution is 8.08. The zero-order valence-electron chi connectivity index (χ0n) is 15.5. The van der Waals surface area contributed by atoms with Gasteiger partial charge in [0.2, 0.25) is 0 Å². The van der Waals surface area contributed by atoms with Crippen LogP contribution in [0.25, 0.3) is 16.4 Å². The van der Waals surface area contributed by atoms with Gasteiger partial charge in [-0.3, -0.25) is 0 Å². The Hall–Kier alpha value is -2.92. The predicted octanol–water partition coefficient (Wildman–Crippen LogP) is 5.42. The lowest BCUT2D eigenvalue weighted by Gasteiger charge is -2.16. The average molecular weight is 376 g/mol. The van der Waals surface area contributed by atoms with Crippen molar-refractivity contribution in [3.63, 3.8) is 0 Å². The molecule has 0 radical (unpaired) electrons. The average Bonchev–Trinajstić information content (AvgIpc) is 3.09. The Morgan fingerprint density at radius 3 is 2.52 bits per heavy atom. The first-order valence-corrected chi connectivity index (χ1v) is 9.52. The molecule has 1 aliphatic rings. The van der Waals surface area contributed by atoms with Crippen molar-refractivity contribution < 1.29 is 9.53 Å². The molecule has 1 aliphatic heterocycles. The third-order valence-corrected chi connectivity index (χ3v) is 5.61. The van der Waals surface area contributed by atoms with E-state index in [1.165, 1.54) is 10.5 Å². The van der Waals surface area contributed by atoms with Crippen LogP contribution in [0.3, 0.4) is 0 Å². The quantitative estimate of drug-likeness (QED) is 0.599. The third kappa shape index (κ3) is 3.15. The monoisotopic (exact) mass is 376 g/mol. The van der Waals surface area contributed by atoms with Gasteiger partial charge in [0.15, 0.2) is 5.76 Å². The standard InChI is InChI=1S/C22H20N2O2S/c1-15-9-7-13-18-19(15)24-14-8-12-17(24)20(26-22(25)23(2)3)21(27-18)16-10-5-4-6-11-16/h4-14H,1-3H3. The first-order chi connectivity index (χ1) is 13.1. The second kappa shape index (κ2) is 7.00. The van der Waals surface area contributed by atoms with Crippen LogP contribution in [0, 0.1) is 6.92 Å². The largest absolute Gasteiger partial charge is 0.414 e. The summed E-state index contributed by atoms with van der Waals surface area (Å²) in [6.45, 7) is 2.10.